The third-order valence-electron chi connectivity index (χ3n) is 5.45. The molecule has 4 fully saturated rings. The number of aromatic nitrogens is 1. The Morgan fingerprint density at radius 3 is 2.88 bits per heavy atom. The van der Waals surface area contributed by atoms with Crippen LogP contribution in [0.2, 0.25) is 0 Å². The highest BCUT2D eigenvalue weighted by Crippen LogP contribution is 2.29. The number of carbonyl (C=O) groups is 1. The van der Waals surface area contributed by atoms with E-state index in [4.69, 9.17) is 4.74 Å². The molecule has 5 heterocycles. The van der Waals surface area contributed by atoms with Gasteiger partial charge < -0.3 is 14.5 Å². The number of pyridine rings is 1. The van der Waals surface area contributed by atoms with Crippen LogP contribution < -0.4 is 0 Å². The number of amides is 2. The van der Waals surface area contributed by atoms with Crippen LogP contribution in [0.3, 0.4) is 0 Å². The van der Waals surface area contributed by atoms with Crippen molar-refractivity contribution in [1.29, 1.82) is 0 Å². The van der Waals surface area contributed by atoms with Crippen molar-refractivity contribution in [2.45, 2.75) is 25.4 Å². The monoisotopic (exact) mass is 330 g/mol. The molecule has 2 atom stereocenters. The zero-order valence-corrected chi connectivity index (χ0v) is 14.1. The Kier molecular flexibility index (Phi) is 4.67. The van der Waals surface area contributed by atoms with Gasteiger partial charge in [-0.1, -0.05) is 6.07 Å². The highest BCUT2D eigenvalue weighted by atomic mass is 16.5. The van der Waals surface area contributed by atoms with Crippen molar-refractivity contribution in [2.24, 2.45) is 5.92 Å². The molecule has 0 unspecified atom stereocenters. The Labute approximate surface area is 143 Å². The molecule has 2 amide bonds. The van der Waals surface area contributed by atoms with Crippen molar-refractivity contribution >= 4 is 6.03 Å². The third-order valence-corrected chi connectivity index (χ3v) is 5.45. The van der Waals surface area contributed by atoms with Gasteiger partial charge in [0.2, 0.25) is 0 Å². The van der Waals surface area contributed by atoms with E-state index >= 15 is 0 Å². The topological polar surface area (TPSA) is 48.9 Å². The van der Waals surface area contributed by atoms with Crippen molar-refractivity contribution < 1.29 is 9.53 Å². The van der Waals surface area contributed by atoms with Gasteiger partial charge in [0.1, 0.15) is 0 Å². The van der Waals surface area contributed by atoms with E-state index in [1.807, 2.05) is 23.4 Å². The molecule has 0 N–H and O–H groups in total. The molecule has 6 heteroatoms. The molecular formula is C18H26N4O2. The molecule has 0 saturated carbocycles. The van der Waals surface area contributed by atoms with Gasteiger partial charge in [-0.25, -0.2) is 4.79 Å². The van der Waals surface area contributed by atoms with E-state index in [1.54, 1.807) is 0 Å². The van der Waals surface area contributed by atoms with Crippen LogP contribution in [0, 0.1) is 5.92 Å². The molecule has 4 aliphatic heterocycles. The molecule has 5 rings (SSSR count). The fourth-order valence-electron chi connectivity index (χ4n) is 4.23. The van der Waals surface area contributed by atoms with Crippen LogP contribution in [0.15, 0.2) is 24.5 Å². The standard InChI is InChI=1S/C18H26N4O2/c23-18(21-6-8-24-9-7-21)22-13-16-3-4-17(22)14-20(12-16)11-15-2-1-5-19-10-15/h1-2,5,10,16-17H,3-4,6-9,11-14H2/t16-,17+/m0/s1. The fraction of sp³-hybridized carbons (Fsp3) is 0.667. The molecule has 0 aliphatic carbocycles. The average molecular weight is 330 g/mol. The molecule has 2 bridgehead atoms. The predicted molar refractivity (Wildman–Crippen MR) is 90.5 cm³/mol. The summed E-state index contributed by atoms with van der Waals surface area (Å²) < 4.78 is 5.38. The average Bonchev–Trinajstić information content (AvgIpc) is 2.93. The van der Waals surface area contributed by atoms with Crippen LogP contribution in [-0.2, 0) is 11.3 Å². The van der Waals surface area contributed by atoms with Gasteiger partial charge in [0.25, 0.3) is 0 Å². The van der Waals surface area contributed by atoms with E-state index < -0.39 is 0 Å². The molecule has 0 spiro atoms. The van der Waals surface area contributed by atoms with Gasteiger partial charge in [0.05, 0.1) is 13.2 Å². The molecule has 1 aromatic heterocycles. The van der Waals surface area contributed by atoms with E-state index in [2.05, 4.69) is 20.9 Å². The number of hydrogen-bond donors (Lipinski definition) is 0. The summed E-state index contributed by atoms with van der Waals surface area (Å²) in [5, 5.41) is 0. The highest BCUT2D eigenvalue weighted by Gasteiger charge is 2.38. The second kappa shape index (κ2) is 7.07. The lowest BCUT2D eigenvalue weighted by Gasteiger charge is -2.40. The lowest BCUT2D eigenvalue weighted by molar-refractivity contribution is 0.0341. The summed E-state index contributed by atoms with van der Waals surface area (Å²) in [5.41, 5.74) is 1.25. The van der Waals surface area contributed by atoms with Crippen LogP contribution in [0.4, 0.5) is 4.79 Å². The number of morpholine rings is 1. The number of nitrogens with zero attached hydrogens (tertiary/aromatic N) is 4. The molecule has 0 radical (unpaired) electrons. The van der Waals surface area contributed by atoms with E-state index in [0.717, 1.165) is 45.7 Å². The zero-order valence-electron chi connectivity index (χ0n) is 14.1. The number of piperidine rings is 1. The largest absolute Gasteiger partial charge is 0.378 e. The summed E-state index contributed by atoms with van der Waals surface area (Å²) >= 11 is 0. The second-order valence-corrected chi connectivity index (χ2v) is 7.19. The van der Waals surface area contributed by atoms with Crippen LogP contribution in [0.1, 0.15) is 18.4 Å². The van der Waals surface area contributed by atoms with Crippen molar-refractivity contribution in [3.8, 4) is 0 Å². The molecule has 24 heavy (non-hydrogen) atoms. The van der Waals surface area contributed by atoms with Crippen molar-refractivity contribution in [1.82, 2.24) is 19.7 Å². The maximum atomic E-state index is 12.9. The number of hydrogen-bond acceptors (Lipinski definition) is 4. The van der Waals surface area contributed by atoms with Gasteiger partial charge in [0, 0.05) is 57.7 Å². The fourth-order valence-corrected chi connectivity index (χ4v) is 4.23. The molecule has 1 aromatic rings. The number of fused-ring (bicyclic) bond motifs is 4. The zero-order chi connectivity index (χ0) is 16.4. The van der Waals surface area contributed by atoms with Crippen LogP contribution in [0.5, 0.6) is 0 Å². The Hall–Kier alpha value is -1.66. The minimum atomic E-state index is 0.219. The van der Waals surface area contributed by atoms with Crippen molar-refractivity contribution in [3.05, 3.63) is 30.1 Å². The second-order valence-electron chi connectivity index (χ2n) is 7.19. The Balaban J connectivity index is 1.43. The quantitative estimate of drug-likeness (QED) is 0.823. The van der Waals surface area contributed by atoms with Crippen molar-refractivity contribution in [3.63, 3.8) is 0 Å². The van der Waals surface area contributed by atoms with Crippen molar-refractivity contribution in [2.75, 3.05) is 45.9 Å². The van der Waals surface area contributed by atoms with Crippen LogP contribution in [-0.4, -0.2) is 77.7 Å². The molecule has 0 aromatic carbocycles. The number of rotatable bonds is 2. The van der Waals surface area contributed by atoms with Gasteiger partial charge in [-0.3, -0.25) is 9.88 Å². The van der Waals surface area contributed by atoms with Crippen LogP contribution in [0.25, 0.3) is 0 Å². The first-order valence-corrected chi connectivity index (χ1v) is 9.04. The van der Waals surface area contributed by atoms with E-state index in [0.29, 0.717) is 25.2 Å². The maximum Gasteiger partial charge on any atom is 0.320 e. The smallest absolute Gasteiger partial charge is 0.320 e. The SMILES string of the molecule is O=C(N1CCOCC1)N1C[C@H]2CC[C@@H]1CN(Cc1cccnc1)C2. The number of urea groups is 1. The van der Waals surface area contributed by atoms with Gasteiger partial charge >= 0.3 is 6.03 Å². The minimum absolute atomic E-state index is 0.219. The number of carbonyl (C=O) groups excluding carboxylic acids is 1. The lowest BCUT2D eigenvalue weighted by atomic mass is 9.95. The number of ether oxygens (including phenoxy) is 1. The molecular weight excluding hydrogens is 304 g/mol. The predicted octanol–water partition coefficient (Wildman–Crippen LogP) is 1.43. The van der Waals surface area contributed by atoms with E-state index in [-0.39, 0.29) is 6.03 Å². The summed E-state index contributed by atoms with van der Waals surface area (Å²) in [5.74, 6) is 0.588. The summed E-state index contributed by atoms with van der Waals surface area (Å²) in [7, 11) is 0. The lowest BCUT2D eigenvalue weighted by Crippen LogP contribution is -2.54. The summed E-state index contributed by atoms with van der Waals surface area (Å²) in [6, 6.07) is 4.69. The first-order chi connectivity index (χ1) is 11.8. The van der Waals surface area contributed by atoms with Gasteiger partial charge in [0.15, 0.2) is 0 Å². The summed E-state index contributed by atoms with van der Waals surface area (Å²) in [4.78, 5) is 23.8. The minimum Gasteiger partial charge on any atom is -0.378 e. The van der Waals surface area contributed by atoms with Crippen LogP contribution >= 0.6 is 0 Å². The Bertz CT molecular complexity index is 561. The van der Waals surface area contributed by atoms with Gasteiger partial charge in [-0.05, 0) is 30.4 Å². The summed E-state index contributed by atoms with van der Waals surface area (Å²) in [6.07, 6.45) is 6.13. The Morgan fingerprint density at radius 2 is 2.08 bits per heavy atom. The molecule has 4 saturated heterocycles. The summed E-state index contributed by atoms with van der Waals surface area (Å²) in [6.45, 7) is 6.68. The molecule has 130 valence electrons. The van der Waals surface area contributed by atoms with E-state index in [1.165, 1.54) is 12.0 Å². The maximum absolute atomic E-state index is 12.9. The van der Waals surface area contributed by atoms with Gasteiger partial charge in [-0.2, -0.15) is 0 Å². The third kappa shape index (κ3) is 3.39. The first kappa shape index (κ1) is 15.8. The van der Waals surface area contributed by atoms with Gasteiger partial charge in [-0.15, -0.1) is 0 Å². The highest BCUT2D eigenvalue weighted by molar-refractivity contribution is 5.75. The first-order valence-electron chi connectivity index (χ1n) is 9.04. The van der Waals surface area contributed by atoms with E-state index in [9.17, 15) is 4.79 Å². The molecule has 6 nitrogen and oxygen atoms in total. The molecule has 4 aliphatic rings. The normalized spacial score (nSPS) is 28.0. The Morgan fingerprint density at radius 1 is 1.21 bits per heavy atom.